The van der Waals surface area contributed by atoms with Crippen LogP contribution in [0.5, 0.6) is 0 Å². The van der Waals surface area contributed by atoms with E-state index in [1.807, 2.05) is 10.6 Å². The Morgan fingerprint density at radius 1 is 0.862 bits per heavy atom. The van der Waals surface area contributed by atoms with E-state index in [0.29, 0.717) is 0 Å². The molecular weight excluding hydrogens is 396 g/mol. The molecule has 4 atom stereocenters. The van der Waals surface area contributed by atoms with Crippen molar-refractivity contribution in [2.24, 2.45) is 5.73 Å². The summed E-state index contributed by atoms with van der Waals surface area (Å²) >= 11 is 0. The number of aliphatic hydroxyl groups excluding tert-OH is 1. The number of hydrogen-bond donors (Lipinski definition) is 8. The van der Waals surface area contributed by atoms with Crippen molar-refractivity contribution in [1.82, 2.24) is 16.0 Å². The molecule has 0 saturated heterocycles. The van der Waals surface area contributed by atoms with E-state index in [0.717, 1.165) is 6.92 Å². The van der Waals surface area contributed by atoms with Crippen molar-refractivity contribution in [3.05, 3.63) is 0 Å². The quantitative estimate of drug-likeness (QED) is 0.143. The molecule has 0 spiro atoms. The van der Waals surface area contributed by atoms with E-state index in [1.165, 1.54) is 0 Å². The van der Waals surface area contributed by atoms with E-state index in [9.17, 15) is 33.9 Å². The van der Waals surface area contributed by atoms with Crippen LogP contribution < -0.4 is 21.7 Å². The van der Waals surface area contributed by atoms with Crippen molar-refractivity contribution in [2.45, 2.75) is 50.4 Å². The number of nitrogens with two attached hydrogens (primary N) is 1. The summed E-state index contributed by atoms with van der Waals surface area (Å²) < 4.78 is 0. The first-order valence-corrected chi connectivity index (χ1v) is 8.33. The monoisotopic (exact) mass is 420 g/mol. The number of carboxylic acid groups (broad SMARTS) is 3. The van der Waals surface area contributed by atoms with Gasteiger partial charge in [0.1, 0.15) is 12.1 Å². The number of aliphatic carboxylic acids is 3. The first-order chi connectivity index (χ1) is 13.4. The molecule has 0 saturated carbocycles. The zero-order valence-corrected chi connectivity index (χ0v) is 15.5. The Balaban J connectivity index is 5.45. The van der Waals surface area contributed by atoms with Crippen LogP contribution in [-0.4, -0.2) is 86.8 Å². The number of carbonyl (C=O) groups excluding carboxylic acids is 3. The summed E-state index contributed by atoms with van der Waals surface area (Å²) in [7, 11) is 0. The average molecular weight is 420 g/mol. The molecule has 0 aromatic carbocycles. The van der Waals surface area contributed by atoms with Gasteiger partial charge in [-0.2, -0.15) is 0 Å². The molecule has 0 radical (unpaired) electrons. The lowest BCUT2D eigenvalue weighted by Crippen LogP contribution is -2.58. The number of hydrogen-bond acceptors (Lipinski definition) is 8. The highest BCUT2D eigenvalue weighted by Crippen LogP contribution is 2.03. The maximum Gasteiger partial charge on any atom is 0.328 e. The van der Waals surface area contributed by atoms with E-state index >= 15 is 0 Å². The van der Waals surface area contributed by atoms with Crippen molar-refractivity contribution in [3.63, 3.8) is 0 Å². The zero-order chi connectivity index (χ0) is 22.7. The third kappa shape index (κ3) is 10.0. The summed E-state index contributed by atoms with van der Waals surface area (Å²) in [6.45, 7) is 0.552. The number of carboxylic acids is 3. The van der Waals surface area contributed by atoms with Gasteiger partial charge in [-0.3, -0.25) is 24.0 Å². The molecule has 0 fully saturated rings. The number of amides is 3. The molecule has 29 heavy (non-hydrogen) atoms. The molecule has 14 heteroatoms. The van der Waals surface area contributed by atoms with Crippen molar-refractivity contribution in [1.29, 1.82) is 0 Å². The Hall–Kier alpha value is -3.26. The van der Waals surface area contributed by atoms with E-state index in [2.05, 4.69) is 5.32 Å². The van der Waals surface area contributed by atoms with Gasteiger partial charge in [0.15, 0.2) is 6.04 Å². The van der Waals surface area contributed by atoms with Crippen LogP contribution in [0.1, 0.15) is 26.2 Å². The zero-order valence-electron chi connectivity index (χ0n) is 15.5. The summed E-state index contributed by atoms with van der Waals surface area (Å²) in [6, 6.07) is -4.93. The minimum absolute atomic E-state index is 0.469. The van der Waals surface area contributed by atoms with Gasteiger partial charge in [0, 0.05) is 6.42 Å². The van der Waals surface area contributed by atoms with Gasteiger partial charge in [-0.25, -0.2) is 4.79 Å². The second-order valence-corrected chi connectivity index (χ2v) is 5.98. The third-order valence-corrected chi connectivity index (χ3v) is 3.54. The van der Waals surface area contributed by atoms with Crippen LogP contribution in [0.15, 0.2) is 0 Å². The molecule has 0 aromatic heterocycles. The first kappa shape index (κ1) is 25.7. The van der Waals surface area contributed by atoms with Gasteiger partial charge in [-0.1, -0.05) is 0 Å². The van der Waals surface area contributed by atoms with Gasteiger partial charge >= 0.3 is 17.9 Å². The van der Waals surface area contributed by atoms with E-state index in [4.69, 9.17) is 21.1 Å². The first-order valence-electron chi connectivity index (χ1n) is 8.33. The molecule has 4 unspecified atom stereocenters. The summed E-state index contributed by atoms with van der Waals surface area (Å²) in [5.74, 6) is -7.43. The summed E-state index contributed by atoms with van der Waals surface area (Å²) in [5, 5.41) is 42.2. The highest BCUT2D eigenvalue weighted by Gasteiger charge is 2.32. The standard InChI is InChI=1S/C15H24N4O10/c1-6(20)12(15(28)29)19-13(26)7(2-3-10(22)23)18-14(27)8(4-11(24)25)17-9(21)5-16/h6-8,12,20H,2-5,16H2,1H3,(H,17,21)(H,18,27)(H,19,26)(H,22,23)(H,24,25)(H,28,29). The van der Waals surface area contributed by atoms with Crippen LogP contribution in [0.3, 0.4) is 0 Å². The van der Waals surface area contributed by atoms with Gasteiger partial charge in [0.2, 0.25) is 17.7 Å². The number of rotatable bonds is 13. The van der Waals surface area contributed by atoms with Gasteiger partial charge in [0.05, 0.1) is 19.1 Å². The van der Waals surface area contributed by atoms with E-state index < -0.39 is 85.7 Å². The van der Waals surface area contributed by atoms with Crippen LogP contribution in [0.25, 0.3) is 0 Å². The lowest BCUT2D eigenvalue weighted by atomic mass is 10.1. The fraction of sp³-hybridized carbons (Fsp3) is 0.600. The minimum Gasteiger partial charge on any atom is -0.481 e. The molecule has 3 amide bonds. The summed E-state index contributed by atoms with van der Waals surface area (Å²) in [4.78, 5) is 68.8. The number of aliphatic hydroxyl groups is 1. The lowest BCUT2D eigenvalue weighted by molar-refractivity contribution is -0.146. The van der Waals surface area contributed by atoms with E-state index in [-0.39, 0.29) is 0 Å². The van der Waals surface area contributed by atoms with Crippen molar-refractivity contribution in [2.75, 3.05) is 6.54 Å². The Kier molecular flexibility index (Phi) is 10.9. The van der Waals surface area contributed by atoms with Crippen LogP contribution in [0.4, 0.5) is 0 Å². The fourth-order valence-electron chi connectivity index (χ4n) is 2.09. The molecule has 164 valence electrons. The smallest absolute Gasteiger partial charge is 0.328 e. The normalized spacial score (nSPS) is 14.6. The van der Waals surface area contributed by atoms with Crippen LogP contribution in [0.2, 0.25) is 0 Å². The Bertz CT molecular complexity index is 651. The van der Waals surface area contributed by atoms with Crippen molar-refractivity contribution in [3.8, 4) is 0 Å². The van der Waals surface area contributed by atoms with Gasteiger partial charge < -0.3 is 42.1 Å². The van der Waals surface area contributed by atoms with Crippen molar-refractivity contribution < 1.29 is 49.2 Å². The largest absolute Gasteiger partial charge is 0.481 e. The topological polar surface area (TPSA) is 245 Å². The number of carbonyl (C=O) groups is 6. The van der Waals surface area contributed by atoms with Crippen LogP contribution in [0, 0.1) is 0 Å². The summed E-state index contributed by atoms with van der Waals surface area (Å²) in [6.07, 6.45) is -3.42. The molecule has 0 heterocycles. The van der Waals surface area contributed by atoms with Crippen LogP contribution in [-0.2, 0) is 28.8 Å². The molecule has 14 nitrogen and oxygen atoms in total. The molecule has 0 rings (SSSR count). The highest BCUT2D eigenvalue weighted by atomic mass is 16.4. The Morgan fingerprint density at radius 2 is 1.41 bits per heavy atom. The molecule has 0 aromatic rings. The van der Waals surface area contributed by atoms with E-state index in [1.54, 1.807) is 0 Å². The second kappa shape index (κ2) is 12.2. The maximum absolute atomic E-state index is 12.3. The third-order valence-electron chi connectivity index (χ3n) is 3.54. The molecule has 0 aliphatic heterocycles. The van der Waals surface area contributed by atoms with Crippen molar-refractivity contribution >= 4 is 35.6 Å². The SMILES string of the molecule is CC(O)C(NC(=O)C(CCC(=O)O)NC(=O)C(CC(=O)O)NC(=O)CN)C(=O)O. The number of nitrogens with one attached hydrogen (secondary N) is 3. The average Bonchev–Trinajstić information content (AvgIpc) is 2.60. The Labute approximate surface area is 164 Å². The van der Waals surface area contributed by atoms with Crippen LogP contribution >= 0.6 is 0 Å². The maximum atomic E-state index is 12.3. The molecule has 0 aliphatic rings. The predicted molar refractivity (Wildman–Crippen MR) is 93.3 cm³/mol. The Morgan fingerprint density at radius 3 is 1.83 bits per heavy atom. The van der Waals surface area contributed by atoms with Gasteiger partial charge in [0.25, 0.3) is 0 Å². The highest BCUT2D eigenvalue weighted by molar-refractivity contribution is 5.95. The molecule has 0 bridgehead atoms. The lowest BCUT2D eigenvalue weighted by Gasteiger charge is -2.24. The predicted octanol–water partition coefficient (Wildman–Crippen LogP) is -3.80. The molecule has 9 N–H and O–H groups in total. The van der Waals surface area contributed by atoms with Gasteiger partial charge in [-0.15, -0.1) is 0 Å². The second-order valence-electron chi connectivity index (χ2n) is 5.98. The van der Waals surface area contributed by atoms with Gasteiger partial charge in [-0.05, 0) is 13.3 Å². The minimum atomic E-state index is -1.74. The summed E-state index contributed by atoms with van der Waals surface area (Å²) in [5.41, 5.74) is 5.09. The fourth-order valence-corrected chi connectivity index (χ4v) is 2.09. The molecular formula is C15H24N4O10. The molecule has 0 aliphatic carbocycles.